The van der Waals surface area contributed by atoms with Crippen molar-refractivity contribution in [2.24, 2.45) is 0 Å². The molecule has 0 heterocycles. The predicted molar refractivity (Wildman–Crippen MR) is 78.5 cm³/mol. The minimum Gasteiger partial charge on any atom is -0.329 e. The van der Waals surface area contributed by atoms with E-state index >= 15 is 0 Å². The van der Waals surface area contributed by atoms with Crippen molar-refractivity contribution in [1.82, 2.24) is 0 Å². The fourth-order valence-corrected chi connectivity index (χ4v) is 2.38. The summed E-state index contributed by atoms with van der Waals surface area (Å²) in [6, 6.07) is 21.0. The molecule has 0 bridgehead atoms. The van der Waals surface area contributed by atoms with Crippen molar-refractivity contribution in [3.63, 3.8) is 0 Å². The van der Waals surface area contributed by atoms with Gasteiger partial charge in [0.1, 0.15) is 0 Å². The Morgan fingerprint density at radius 3 is 1.50 bits per heavy atom. The average molecular weight is 323 g/mol. The lowest BCUT2D eigenvalue weighted by Crippen LogP contribution is -2.22. The molecule has 2 heteroatoms. The van der Waals surface area contributed by atoms with E-state index in [0.29, 0.717) is 4.05 Å². The number of anilines is 2. The quantitative estimate of drug-likeness (QED) is 0.453. The summed E-state index contributed by atoms with van der Waals surface area (Å²) in [5.41, 5.74) is 2.46. The summed E-state index contributed by atoms with van der Waals surface area (Å²) in [6.07, 6.45) is 0. The summed E-state index contributed by atoms with van der Waals surface area (Å²) < 4.78 is 0.419. The third-order valence-electron chi connectivity index (χ3n) is 2.42. The van der Waals surface area contributed by atoms with Gasteiger partial charge in [0.25, 0.3) is 0 Å². The monoisotopic (exact) mass is 323 g/mol. The first kappa shape index (κ1) is 11.5. The second-order valence-electron chi connectivity index (χ2n) is 3.62. The second kappa shape index (κ2) is 5.34. The van der Waals surface area contributed by atoms with E-state index in [2.05, 4.69) is 82.9 Å². The lowest BCUT2D eigenvalue weighted by Gasteiger charge is -2.27. The highest BCUT2D eigenvalue weighted by molar-refractivity contribution is 14.1. The normalized spacial score (nSPS) is 12.1. The van der Waals surface area contributed by atoms with E-state index in [1.807, 2.05) is 12.1 Å². The molecule has 0 spiro atoms. The van der Waals surface area contributed by atoms with Gasteiger partial charge in [-0.1, -0.05) is 59.0 Å². The number of nitrogens with zero attached hydrogens (tertiary/aromatic N) is 1. The molecule has 0 aliphatic heterocycles. The average Bonchev–Trinajstić information content (AvgIpc) is 2.31. The van der Waals surface area contributed by atoms with Crippen LogP contribution in [0.25, 0.3) is 0 Å². The molecule has 2 aromatic rings. The number of benzene rings is 2. The van der Waals surface area contributed by atoms with Crippen LogP contribution in [-0.4, -0.2) is 4.05 Å². The maximum Gasteiger partial charge on any atom is 0.0830 e. The van der Waals surface area contributed by atoms with E-state index in [4.69, 9.17) is 0 Å². The molecule has 0 aliphatic rings. The SMILES string of the molecule is CC(I)N(c1ccccc1)c1ccccc1. The molecular formula is C14H14IN. The molecule has 0 saturated heterocycles. The molecule has 2 aromatic carbocycles. The molecule has 1 atom stereocenters. The maximum atomic E-state index is 2.44. The summed E-state index contributed by atoms with van der Waals surface area (Å²) in [5, 5.41) is 0. The molecule has 2 rings (SSSR count). The molecular weight excluding hydrogens is 309 g/mol. The molecule has 82 valence electrons. The van der Waals surface area contributed by atoms with Crippen LogP contribution < -0.4 is 4.90 Å². The van der Waals surface area contributed by atoms with Crippen LogP contribution in [0.1, 0.15) is 6.92 Å². The van der Waals surface area contributed by atoms with Gasteiger partial charge in [0.05, 0.1) is 4.05 Å². The number of alkyl halides is 1. The van der Waals surface area contributed by atoms with Crippen LogP contribution in [0.2, 0.25) is 0 Å². The molecule has 0 fully saturated rings. The number of hydrogen-bond donors (Lipinski definition) is 0. The van der Waals surface area contributed by atoms with Crippen LogP contribution in [-0.2, 0) is 0 Å². The Bertz CT molecular complexity index is 386. The van der Waals surface area contributed by atoms with Crippen molar-refractivity contribution < 1.29 is 0 Å². The van der Waals surface area contributed by atoms with Crippen molar-refractivity contribution in [3.8, 4) is 0 Å². The van der Waals surface area contributed by atoms with Crippen LogP contribution in [0.4, 0.5) is 11.4 Å². The smallest absolute Gasteiger partial charge is 0.0830 e. The van der Waals surface area contributed by atoms with Crippen LogP contribution in [0, 0.1) is 0 Å². The number of para-hydroxylation sites is 2. The summed E-state index contributed by atoms with van der Waals surface area (Å²) in [5.74, 6) is 0. The third kappa shape index (κ3) is 2.55. The van der Waals surface area contributed by atoms with Gasteiger partial charge in [-0.05, 0) is 31.2 Å². The lowest BCUT2D eigenvalue weighted by atomic mass is 10.2. The van der Waals surface area contributed by atoms with Gasteiger partial charge in [0.2, 0.25) is 0 Å². The molecule has 0 N–H and O–H groups in total. The summed E-state index contributed by atoms with van der Waals surface area (Å²) in [7, 11) is 0. The predicted octanol–water partition coefficient (Wildman–Crippen LogP) is 4.61. The Morgan fingerprint density at radius 2 is 1.19 bits per heavy atom. The molecule has 0 amide bonds. The molecule has 1 unspecified atom stereocenters. The zero-order valence-electron chi connectivity index (χ0n) is 9.18. The molecule has 1 nitrogen and oxygen atoms in total. The van der Waals surface area contributed by atoms with Gasteiger partial charge in [-0.15, -0.1) is 0 Å². The van der Waals surface area contributed by atoms with Crippen LogP contribution in [0.5, 0.6) is 0 Å². The summed E-state index contributed by atoms with van der Waals surface area (Å²) >= 11 is 2.44. The second-order valence-corrected chi connectivity index (χ2v) is 5.42. The van der Waals surface area contributed by atoms with Gasteiger partial charge in [0, 0.05) is 11.4 Å². The molecule has 0 radical (unpaired) electrons. The first-order valence-corrected chi connectivity index (χ1v) is 6.57. The first-order valence-electron chi connectivity index (χ1n) is 5.32. The maximum absolute atomic E-state index is 2.44. The van der Waals surface area contributed by atoms with Gasteiger partial charge in [-0.25, -0.2) is 0 Å². The van der Waals surface area contributed by atoms with E-state index in [9.17, 15) is 0 Å². The standard InChI is InChI=1S/C14H14IN/c1-12(15)16(13-8-4-2-5-9-13)14-10-6-3-7-11-14/h2-12H,1H3. The van der Waals surface area contributed by atoms with E-state index in [-0.39, 0.29) is 0 Å². The minimum absolute atomic E-state index is 0.419. The van der Waals surface area contributed by atoms with Gasteiger partial charge >= 0.3 is 0 Å². The van der Waals surface area contributed by atoms with Gasteiger partial charge in [-0.3, -0.25) is 0 Å². The molecule has 0 aliphatic carbocycles. The van der Waals surface area contributed by atoms with Crippen molar-refractivity contribution in [2.45, 2.75) is 11.0 Å². The highest BCUT2D eigenvalue weighted by Gasteiger charge is 2.12. The van der Waals surface area contributed by atoms with Crippen molar-refractivity contribution in [1.29, 1.82) is 0 Å². The Morgan fingerprint density at radius 1 is 0.812 bits per heavy atom. The van der Waals surface area contributed by atoms with Crippen molar-refractivity contribution >= 4 is 34.0 Å². The Hall–Kier alpha value is -1.03. The summed E-state index contributed by atoms with van der Waals surface area (Å²) in [4.78, 5) is 2.32. The van der Waals surface area contributed by atoms with Crippen molar-refractivity contribution in [3.05, 3.63) is 60.7 Å². The van der Waals surface area contributed by atoms with E-state index < -0.39 is 0 Å². The first-order chi connectivity index (χ1) is 7.79. The number of hydrogen-bond acceptors (Lipinski definition) is 1. The lowest BCUT2D eigenvalue weighted by molar-refractivity contribution is 0.991. The summed E-state index contributed by atoms with van der Waals surface area (Å²) in [6.45, 7) is 2.19. The van der Waals surface area contributed by atoms with Gasteiger partial charge < -0.3 is 4.90 Å². The highest BCUT2D eigenvalue weighted by Crippen LogP contribution is 2.29. The van der Waals surface area contributed by atoms with E-state index in [1.54, 1.807) is 0 Å². The largest absolute Gasteiger partial charge is 0.329 e. The number of rotatable bonds is 3. The topological polar surface area (TPSA) is 3.24 Å². The Labute approximate surface area is 110 Å². The highest BCUT2D eigenvalue weighted by atomic mass is 127. The number of halogens is 1. The van der Waals surface area contributed by atoms with Crippen molar-refractivity contribution in [2.75, 3.05) is 4.90 Å². The fraction of sp³-hybridized carbons (Fsp3) is 0.143. The van der Waals surface area contributed by atoms with E-state index in [1.165, 1.54) is 11.4 Å². The minimum atomic E-state index is 0.419. The Kier molecular flexibility index (Phi) is 3.83. The van der Waals surface area contributed by atoms with Crippen LogP contribution in [0.3, 0.4) is 0 Å². The van der Waals surface area contributed by atoms with Gasteiger partial charge in [0.15, 0.2) is 0 Å². The van der Waals surface area contributed by atoms with Crippen LogP contribution >= 0.6 is 22.6 Å². The Balaban J connectivity index is 2.40. The third-order valence-corrected chi connectivity index (χ3v) is 2.98. The molecule has 0 aromatic heterocycles. The molecule has 16 heavy (non-hydrogen) atoms. The van der Waals surface area contributed by atoms with Crippen LogP contribution in [0.15, 0.2) is 60.7 Å². The van der Waals surface area contributed by atoms with E-state index in [0.717, 1.165) is 0 Å². The zero-order chi connectivity index (χ0) is 11.4. The fourth-order valence-electron chi connectivity index (χ4n) is 1.74. The molecule has 0 saturated carbocycles. The van der Waals surface area contributed by atoms with Gasteiger partial charge in [-0.2, -0.15) is 0 Å². The zero-order valence-corrected chi connectivity index (χ0v) is 11.3.